The molecule has 0 atom stereocenters. The Labute approximate surface area is 165 Å². The molecule has 0 bridgehead atoms. The van der Waals surface area contributed by atoms with Gasteiger partial charge in [-0.3, -0.25) is 0 Å². The van der Waals surface area contributed by atoms with Gasteiger partial charge in [0.1, 0.15) is 11.0 Å². The third-order valence-electron chi connectivity index (χ3n) is 5.72. The average molecular weight is 392 g/mol. The van der Waals surface area contributed by atoms with Crippen LogP contribution in [-0.2, 0) is 17.8 Å². The average Bonchev–Trinajstić information content (AvgIpc) is 3.56. The fourth-order valence-corrected chi connectivity index (χ4v) is 3.91. The molecule has 2 aliphatic carbocycles. The molecule has 4 heterocycles. The van der Waals surface area contributed by atoms with Crippen molar-refractivity contribution in [2.45, 2.75) is 50.0 Å². The summed E-state index contributed by atoms with van der Waals surface area (Å²) in [7, 11) is 0. The summed E-state index contributed by atoms with van der Waals surface area (Å²) < 4.78 is 10.7. The minimum Gasteiger partial charge on any atom is -0.368 e. The van der Waals surface area contributed by atoms with Crippen LogP contribution in [0, 0.1) is 0 Å². The van der Waals surface area contributed by atoms with Gasteiger partial charge >= 0.3 is 0 Å². The van der Waals surface area contributed by atoms with Gasteiger partial charge < -0.3 is 25.3 Å². The molecule has 0 spiro atoms. The standard InChI is InChI=1S/C18H20N10O/c19-15-21-5-11-13(25-15)27(9-23-11)7-17(1-2-17)29-18(3-4-18)8-28-10-24-12-6-22-16(20)26-14(12)28/h5-6,9-10H,1-4,7-8H2,(H2,19,21,25)(H2,20,22,26). The minimum atomic E-state index is -0.200. The molecule has 2 saturated carbocycles. The Morgan fingerprint density at radius 2 is 1.21 bits per heavy atom. The van der Waals surface area contributed by atoms with Gasteiger partial charge in [-0.1, -0.05) is 0 Å². The zero-order valence-electron chi connectivity index (χ0n) is 15.7. The number of aromatic nitrogens is 8. The molecule has 4 aromatic rings. The number of ether oxygens (including phenoxy) is 1. The molecule has 0 aliphatic heterocycles. The highest BCUT2D eigenvalue weighted by atomic mass is 16.5. The van der Waals surface area contributed by atoms with E-state index in [0.717, 1.165) is 48.0 Å². The van der Waals surface area contributed by atoms with Crippen LogP contribution in [0.2, 0.25) is 0 Å². The van der Waals surface area contributed by atoms with E-state index < -0.39 is 0 Å². The Morgan fingerprint density at radius 1 is 0.759 bits per heavy atom. The highest BCUT2D eigenvalue weighted by Gasteiger charge is 2.56. The zero-order chi connectivity index (χ0) is 19.6. The summed E-state index contributed by atoms with van der Waals surface area (Å²) >= 11 is 0. The van der Waals surface area contributed by atoms with E-state index in [1.54, 1.807) is 25.0 Å². The monoisotopic (exact) mass is 392 g/mol. The van der Waals surface area contributed by atoms with Gasteiger partial charge in [0.05, 0.1) is 49.3 Å². The molecule has 148 valence electrons. The summed E-state index contributed by atoms with van der Waals surface area (Å²) in [5, 5.41) is 0. The first-order valence-electron chi connectivity index (χ1n) is 9.60. The summed E-state index contributed by atoms with van der Waals surface area (Å²) in [5.41, 5.74) is 14.1. The van der Waals surface area contributed by atoms with Crippen LogP contribution in [-0.4, -0.2) is 50.2 Å². The maximum Gasteiger partial charge on any atom is 0.222 e. The second kappa shape index (κ2) is 5.60. The first kappa shape index (κ1) is 16.6. The highest BCUT2D eigenvalue weighted by Crippen LogP contribution is 2.52. The smallest absolute Gasteiger partial charge is 0.222 e. The number of hydrogen-bond donors (Lipinski definition) is 2. The largest absolute Gasteiger partial charge is 0.368 e. The maximum absolute atomic E-state index is 6.71. The van der Waals surface area contributed by atoms with E-state index in [9.17, 15) is 0 Å². The van der Waals surface area contributed by atoms with E-state index in [0.29, 0.717) is 13.1 Å². The maximum atomic E-state index is 6.71. The van der Waals surface area contributed by atoms with Gasteiger partial charge in [-0.05, 0) is 25.7 Å². The third-order valence-corrected chi connectivity index (χ3v) is 5.72. The van der Waals surface area contributed by atoms with E-state index in [1.165, 1.54) is 0 Å². The molecule has 4 aromatic heterocycles. The normalized spacial score (nSPS) is 19.0. The van der Waals surface area contributed by atoms with E-state index in [4.69, 9.17) is 16.2 Å². The molecule has 11 nitrogen and oxygen atoms in total. The van der Waals surface area contributed by atoms with Crippen molar-refractivity contribution in [3.63, 3.8) is 0 Å². The van der Waals surface area contributed by atoms with E-state index in [1.807, 2.05) is 9.13 Å². The van der Waals surface area contributed by atoms with Crippen LogP contribution in [0.3, 0.4) is 0 Å². The van der Waals surface area contributed by atoms with Gasteiger partial charge in [0.15, 0.2) is 11.3 Å². The summed E-state index contributed by atoms with van der Waals surface area (Å²) in [4.78, 5) is 25.4. The number of nitrogens with zero attached hydrogens (tertiary/aromatic N) is 8. The number of nitrogens with two attached hydrogens (primary N) is 2. The lowest BCUT2D eigenvalue weighted by molar-refractivity contribution is -0.0630. The van der Waals surface area contributed by atoms with Crippen molar-refractivity contribution in [2.24, 2.45) is 0 Å². The van der Waals surface area contributed by atoms with Crippen LogP contribution < -0.4 is 11.5 Å². The number of nitrogen functional groups attached to an aromatic ring is 2. The molecule has 0 aromatic carbocycles. The number of anilines is 2. The second-order valence-electron chi connectivity index (χ2n) is 8.09. The number of fused-ring (bicyclic) bond motifs is 2. The molecule has 2 aliphatic rings. The molecule has 29 heavy (non-hydrogen) atoms. The van der Waals surface area contributed by atoms with Gasteiger partial charge in [-0.2, -0.15) is 9.97 Å². The zero-order valence-corrected chi connectivity index (χ0v) is 15.7. The number of rotatable bonds is 6. The van der Waals surface area contributed by atoms with Crippen molar-refractivity contribution < 1.29 is 4.74 Å². The number of hydrogen-bond acceptors (Lipinski definition) is 9. The minimum absolute atomic E-state index is 0.200. The quantitative estimate of drug-likeness (QED) is 0.488. The van der Waals surface area contributed by atoms with E-state index >= 15 is 0 Å². The first-order chi connectivity index (χ1) is 14.0. The lowest BCUT2D eigenvalue weighted by Gasteiger charge is -2.25. The molecular weight excluding hydrogens is 372 g/mol. The highest BCUT2D eigenvalue weighted by molar-refractivity contribution is 5.71. The Kier molecular flexibility index (Phi) is 3.20. The van der Waals surface area contributed by atoms with Crippen molar-refractivity contribution >= 4 is 34.2 Å². The molecule has 0 unspecified atom stereocenters. The van der Waals surface area contributed by atoms with Gasteiger partial charge in [0.2, 0.25) is 11.9 Å². The molecule has 2 fully saturated rings. The topological polar surface area (TPSA) is 148 Å². The van der Waals surface area contributed by atoms with E-state index in [2.05, 4.69) is 29.9 Å². The second-order valence-corrected chi connectivity index (χ2v) is 8.09. The SMILES string of the molecule is Nc1ncc2ncn(CC3(OC4(Cn5cnc6cnc(N)nc65)CC4)CC3)c2n1. The molecule has 0 saturated heterocycles. The molecule has 11 heteroatoms. The van der Waals surface area contributed by atoms with Crippen LogP contribution in [0.5, 0.6) is 0 Å². The third kappa shape index (κ3) is 2.85. The number of imidazole rings is 2. The summed E-state index contributed by atoms with van der Waals surface area (Å²) in [6, 6.07) is 0. The van der Waals surface area contributed by atoms with Crippen LogP contribution in [0.25, 0.3) is 22.3 Å². The van der Waals surface area contributed by atoms with Crippen LogP contribution >= 0.6 is 0 Å². The lowest BCUT2D eigenvalue weighted by atomic mass is 10.2. The predicted octanol–water partition coefficient (Wildman–Crippen LogP) is 0.912. The van der Waals surface area contributed by atoms with Gasteiger partial charge in [-0.15, -0.1) is 0 Å². The lowest BCUT2D eigenvalue weighted by Crippen LogP contribution is -2.32. The van der Waals surface area contributed by atoms with Crippen LogP contribution in [0.15, 0.2) is 25.0 Å². The van der Waals surface area contributed by atoms with Crippen LogP contribution in [0.4, 0.5) is 11.9 Å². The molecule has 0 radical (unpaired) electrons. The van der Waals surface area contributed by atoms with Crippen molar-refractivity contribution in [2.75, 3.05) is 11.5 Å². The fourth-order valence-electron chi connectivity index (χ4n) is 3.91. The van der Waals surface area contributed by atoms with Crippen molar-refractivity contribution in [1.29, 1.82) is 0 Å². The summed E-state index contributed by atoms with van der Waals surface area (Å²) in [6.45, 7) is 1.39. The predicted molar refractivity (Wildman–Crippen MR) is 104 cm³/mol. The van der Waals surface area contributed by atoms with E-state index in [-0.39, 0.29) is 23.1 Å². The van der Waals surface area contributed by atoms with Gasteiger partial charge in [-0.25, -0.2) is 19.9 Å². The Hall–Kier alpha value is -3.34. The molecule has 6 rings (SSSR count). The Bertz CT molecular complexity index is 1140. The summed E-state index contributed by atoms with van der Waals surface area (Å²) in [5.74, 6) is 0.494. The Morgan fingerprint density at radius 3 is 1.62 bits per heavy atom. The Balaban J connectivity index is 1.24. The van der Waals surface area contributed by atoms with Crippen molar-refractivity contribution in [1.82, 2.24) is 39.0 Å². The molecular formula is C18H20N10O. The van der Waals surface area contributed by atoms with Crippen molar-refractivity contribution in [3.8, 4) is 0 Å². The summed E-state index contributed by atoms with van der Waals surface area (Å²) in [6.07, 6.45) is 10.9. The van der Waals surface area contributed by atoms with Gasteiger partial charge in [0.25, 0.3) is 0 Å². The fraction of sp³-hybridized carbons (Fsp3) is 0.444. The first-order valence-corrected chi connectivity index (χ1v) is 9.60. The van der Waals surface area contributed by atoms with Crippen molar-refractivity contribution in [3.05, 3.63) is 25.0 Å². The molecule has 0 amide bonds. The van der Waals surface area contributed by atoms with Gasteiger partial charge in [0, 0.05) is 0 Å². The van der Waals surface area contributed by atoms with Crippen LogP contribution in [0.1, 0.15) is 25.7 Å². The molecule has 4 N–H and O–H groups in total.